The Labute approximate surface area is 159 Å². The van der Waals surface area contributed by atoms with E-state index in [1.807, 2.05) is 13.0 Å². The minimum absolute atomic E-state index is 0.124. The number of fused-ring (bicyclic) bond motifs is 2. The van der Waals surface area contributed by atoms with Crippen molar-refractivity contribution in [3.63, 3.8) is 0 Å². The molecule has 0 amide bonds. The van der Waals surface area contributed by atoms with Crippen LogP contribution in [0.2, 0.25) is 0 Å². The van der Waals surface area contributed by atoms with Crippen LogP contribution in [0.1, 0.15) is 53.9 Å². The first kappa shape index (κ1) is 18.0. The van der Waals surface area contributed by atoms with E-state index < -0.39 is 21.6 Å². The Morgan fingerprint density at radius 2 is 1.92 bits per heavy atom. The summed E-state index contributed by atoms with van der Waals surface area (Å²) >= 11 is 0. The van der Waals surface area contributed by atoms with Crippen molar-refractivity contribution in [2.75, 3.05) is 5.75 Å². The predicted molar refractivity (Wildman–Crippen MR) is 105 cm³/mol. The van der Waals surface area contributed by atoms with E-state index in [0.717, 1.165) is 59.1 Å². The smallest absolute Gasteiger partial charge is 0.131 e. The maximum absolute atomic E-state index is 13.0. The maximum Gasteiger partial charge on any atom is 0.131 e. The third kappa shape index (κ3) is 3.54. The number of aryl methyl sites for hydroxylation is 3. The molecule has 0 spiro atoms. The Morgan fingerprint density at radius 3 is 2.77 bits per heavy atom. The summed E-state index contributed by atoms with van der Waals surface area (Å²) in [5.41, 5.74) is 5.31. The summed E-state index contributed by atoms with van der Waals surface area (Å²) in [5, 5.41) is 0.904. The number of rotatable bonds is 3. The zero-order valence-corrected chi connectivity index (χ0v) is 16.9. The Balaban J connectivity index is 1.52. The molecule has 4 atom stereocenters. The van der Waals surface area contributed by atoms with Gasteiger partial charge in [0.25, 0.3) is 0 Å². The second-order valence-electron chi connectivity index (χ2n) is 7.39. The van der Waals surface area contributed by atoms with Gasteiger partial charge in [-0.1, -0.05) is 19.1 Å². The normalized spacial score (nSPS) is 26.0. The topological polar surface area (TPSA) is 59.9 Å². The van der Waals surface area contributed by atoms with E-state index in [0.29, 0.717) is 5.75 Å². The van der Waals surface area contributed by atoms with Crippen molar-refractivity contribution in [2.45, 2.75) is 61.5 Å². The van der Waals surface area contributed by atoms with Gasteiger partial charge in [0.2, 0.25) is 0 Å². The fraction of sp³-hybridized carbons (Fsp3) is 0.500. The zero-order chi connectivity index (χ0) is 18.3. The van der Waals surface area contributed by atoms with Gasteiger partial charge < -0.3 is 0 Å². The molecule has 2 aromatic rings. The first-order valence-electron chi connectivity index (χ1n) is 9.22. The van der Waals surface area contributed by atoms with E-state index in [9.17, 15) is 8.42 Å². The van der Waals surface area contributed by atoms with Crippen molar-refractivity contribution in [1.82, 2.24) is 9.97 Å². The summed E-state index contributed by atoms with van der Waals surface area (Å²) in [6, 6.07) is 8.31. The highest BCUT2D eigenvalue weighted by Crippen LogP contribution is 2.32. The van der Waals surface area contributed by atoms with Crippen LogP contribution < -0.4 is 0 Å². The molecule has 0 bridgehead atoms. The van der Waals surface area contributed by atoms with Crippen LogP contribution >= 0.6 is 0 Å². The molecule has 0 N–H and O–H groups in total. The highest BCUT2D eigenvalue weighted by Gasteiger charge is 2.29. The van der Waals surface area contributed by atoms with Gasteiger partial charge >= 0.3 is 0 Å². The molecule has 4 unspecified atom stereocenters. The Hall–Kier alpha value is -1.40. The van der Waals surface area contributed by atoms with Gasteiger partial charge in [0.05, 0.1) is 22.2 Å². The fourth-order valence-corrected chi connectivity index (χ4v) is 6.77. The average Bonchev–Trinajstić information content (AvgIpc) is 2.63. The molecule has 4 heterocycles. The first-order chi connectivity index (χ1) is 12.5. The highest BCUT2D eigenvalue weighted by atomic mass is 32.2. The number of hydrogen-bond donors (Lipinski definition) is 0. The summed E-state index contributed by atoms with van der Waals surface area (Å²) in [4.78, 5) is 9.35. The van der Waals surface area contributed by atoms with Crippen molar-refractivity contribution in [2.24, 2.45) is 0 Å². The molecule has 0 aliphatic carbocycles. The summed E-state index contributed by atoms with van der Waals surface area (Å²) < 4.78 is 24.8. The molecule has 2 aliphatic heterocycles. The van der Waals surface area contributed by atoms with E-state index >= 15 is 0 Å². The van der Waals surface area contributed by atoms with E-state index in [1.165, 1.54) is 5.56 Å². The van der Waals surface area contributed by atoms with E-state index in [-0.39, 0.29) is 11.2 Å². The van der Waals surface area contributed by atoms with Crippen LogP contribution in [0.5, 0.6) is 0 Å². The quantitative estimate of drug-likeness (QED) is 0.810. The highest BCUT2D eigenvalue weighted by molar-refractivity contribution is 7.85. The van der Waals surface area contributed by atoms with Gasteiger partial charge in [0.1, 0.15) is 5.03 Å². The molecule has 2 aliphatic rings. The lowest BCUT2D eigenvalue weighted by Gasteiger charge is -2.26. The average molecular weight is 389 g/mol. The van der Waals surface area contributed by atoms with Crippen molar-refractivity contribution >= 4 is 21.6 Å². The van der Waals surface area contributed by atoms with Crippen molar-refractivity contribution in [1.29, 1.82) is 0 Å². The molecule has 0 saturated heterocycles. The van der Waals surface area contributed by atoms with Crippen LogP contribution in [0.15, 0.2) is 29.3 Å². The fourth-order valence-electron chi connectivity index (χ4n) is 3.85. The number of aromatic nitrogens is 2. The monoisotopic (exact) mass is 388 g/mol. The first-order valence-corrected chi connectivity index (χ1v) is 11.9. The minimum atomic E-state index is -1.05. The zero-order valence-electron chi connectivity index (χ0n) is 15.2. The summed E-state index contributed by atoms with van der Waals surface area (Å²) in [7, 11) is -1.83. The van der Waals surface area contributed by atoms with Crippen LogP contribution in [-0.2, 0) is 40.2 Å². The minimum Gasteiger partial charge on any atom is -0.259 e. The van der Waals surface area contributed by atoms with E-state index in [1.54, 1.807) is 0 Å². The number of pyridine rings is 2. The molecule has 0 fully saturated rings. The van der Waals surface area contributed by atoms with Crippen LogP contribution in [0.25, 0.3) is 0 Å². The molecule has 0 aromatic carbocycles. The second kappa shape index (κ2) is 7.31. The Morgan fingerprint density at radius 1 is 1.12 bits per heavy atom. The SMILES string of the molecule is Cc1ccc2c(n1)S(=O)C(CC(C)c1ccc3c(n1)CS(=O)CC3)CC2. The molecule has 0 radical (unpaired) electrons. The van der Waals surface area contributed by atoms with Crippen LogP contribution in [0.4, 0.5) is 0 Å². The molecule has 0 saturated carbocycles. The van der Waals surface area contributed by atoms with Crippen LogP contribution in [0.3, 0.4) is 0 Å². The van der Waals surface area contributed by atoms with Crippen molar-refractivity contribution in [3.05, 3.63) is 52.5 Å². The summed E-state index contributed by atoms with van der Waals surface area (Å²) in [6.45, 7) is 4.11. The van der Waals surface area contributed by atoms with Gasteiger partial charge in [-0.25, -0.2) is 4.98 Å². The Bertz CT molecular complexity index is 897. The molecular weight excluding hydrogens is 364 g/mol. The maximum atomic E-state index is 13.0. The lowest BCUT2D eigenvalue weighted by Crippen LogP contribution is -2.26. The van der Waals surface area contributed by atoms with Gasteiger partial charge in [-0.2, -0.15) is 0 Å². The lowest BCUT2D eigenvalue weighted by molar-refractivity contribution is 0.566. The van der Waals surface area contributed by atoms with E-state index in [2.05, 4.69) is 30.1 Å². The Kier molecular flexibility index (Phi) is 5.06. The third-order valence-corrected chi connectivity index (χ3v) is 8.44. The molecule has 2 aromatic heterocycles. The molecule has 4 nitrogen and oxygen atoms in total. The van der Waals surface area contributed by atoms with Gasteiger partial charge in [0.15, 0.2) is 0 Å². The molecule has 6 heteroatoms. The van der Waals surface area contributed by atoms with Crippen molar-refractivity contribution < 1.29 is 8.42 Å². The summed E-state index contributed by atoms with van der Waals surface area (Å²) in [5.74, 6) is 1.55. The predicted octanol–water partition coefficient (Wildman–Crippen LogP) is 3.21. The van der Waals surface area contributed by atoms with Gasteiger partial charge in [-0.05, 0) is 61.8 Å². The van der Waals surface area contributed by atoms with E-state index in [4.69, 9.17) is 4.98 Å². The molecular formula is C20H24N2O2S2. The van der Waals surface area contributed by atoms with Gasteiger partial charge in [0, 0.05) is 33.2 Å². The van der Waals surface area contributed by atoms with Gasteiger partial charge in [-0.3, -0.25) is 13.4 Å². The molecule has 26 heavy (non-hydrogen) atoms. The molecule has 138 valence electrons. The standard InChI is InChI=1S/C20H24N2O2S2/c1-13(18-8-6-15-9-10-25(23)12-19(15)22-18)11-17-7-5-16-4-3-14(2)21-20(16)26(17)24/h3-4,6,8,13,17H,5,7,9-12H2,1-2H3. The lowest BCUT2D eigenvalue weighted by atomic mass is 9.96. The van der Waals surface area contributed by atoms with Crippen LogP contribution in [0, 0.1) is 6.92 Å². The van der Waals surface area contributed by atoms with Crippen LogP contribution in [-0.4, -0.2) is 29.4 Å². The second-order valence-corrected chi connectivity index (χ2v) is 10.6. The largest absolute Gasteiger partial charge is 0.259 e. The number of nitrogens with zero attached hydrogens (tertiary/aromatic N) is 2. The molecule has 4 rings (SSSR count). The third-order valence-electron chi connectivity index (χ3n) is 5.42. The van der Waals surface area contributed by atoms with Gasteiger partial charge in [-0.15, -0.1) is 0 Å². The summed E-state index contributed by atoms with van der Waals surface area (Å²) in [6.07, 6.45) is 3.58. The number of hydrogen-bond acceptors (Lipinski definition) is 4. The van der Waals surface area contributed by atoms with Crippen molar-refractivity contribution in [3.8, 4) is 0 Å².